The van der Waals surface area contributed by atoms with Crippen molar-refractivity contribution in [3.05, 3.63) is 23.8 Å². The first-order chi connectivity index (χ1) is 9.58. The van der Waals surface area contributed by atoms with E-state index in [1.165, 1.54) is 6.07 Å². The Hall–Kier alpha value is -1.48. The van der Waals surface area contributed by atoms with Crippen molar-refractivity contribution in [3.8, 4) is 0 Å². The number of carboxylic acid groups (broad SMARTS) is 1. The Balaban J connectivity index is 0.00000161. The summed E-state index contributed by atoms with van der Waals surface area (Å²) in [5.74, 6) is -1.00. The molecule has 21 heavy (non-hydrogen) atoms. The van der Waals surface area contributed by atoms with E-state index in [0.717, 1.165) is 0 Å². The zero-order chi connectivity index (χ0) is 14.3. The van der Waals surface area contributed by atoms with Gasteiger partial charge < -0.3 is 19.2 Å². The van der Waals surface area contributed by atoms with Gasteiger partial charge in [0.25, 0.3) is 6.01 Å². The fraction of sp³-hybridized carbons (Fsp3) is 0.429. The van der Waals surface area contributed by atoms with Crippen LogP contribution in [-0.4, -0.2) is 60.2 Å². The van der Waals surface area contributed by atoms with E-state index < -0.39 is 5.97 Å². The summed E-state index contributed by atoms with van der Waals surface area (Å²) >= 11 is 0. The fourth-order valence-electron chi connectivity index (χ4n) is 2.60. The number of nitrogens with zero attached hydrogens (tertiary/aromatic N) is 2. The van der Waals surface area contributed by atoms with Gasteiger partial charge in [-0.3, -0.25) is 0 Å². The van der Waals surface area contributed by atoms with Crippen LogP contribution in [0.1, 0.15) is 24.2 Å². The van der Waals surface area contributed by atoms with Crippen molar-refractivity contribution < 1.29 is 19.1 Å². The van der Waals surface area contributed by atoms with Gasteiger partial charge in [0.1, 0.15) is 5.52 Å². The van der Waals surface area contributed by atoms with E-state index >= 15 is 0 Å². The molecule has 1 aromatic carbocycles. The molecule has 2 aromatic rings. The van der Waals surface area contributed by atoms with Gasteiger partial charge in [-0.25, -0.2) is 4.79 Å². The van der Waals surface area contributed by atoms with Crippen molar-refractivity contribution in [1.29, 1.82) is 0 Å². The van der Waals surface area contributed by atoms with Crippen molar-refractivity contribution in [2.75, 3.05) is 18.1 Å². The number of ether oxygens (including phenoxy) is 1. The monoisotopic (exact) mass is 284 g/mol. The summed E-state index contributed by atoms with van der Waals surface area (Å²) in [4.78, 5) is 17.6. The van der Waals surface area contributed by atoms with Crippen LogP contribution in [0, 0.1) is 0 Å². The zero-order valence-corrected chi connectivity index (χ0v) is 11.4. The van der Waals surface area contributed by atoms with E-state index in [1.54, 1.807) is 12.1 Å². The third kappa shape index (κ3) is 2.79. The number of carbonyl (C=O) groups is 1. The molecule has 3 rings (SSSR count). The number of benzene rings is 1. The molecule has 1 saturated heterocycles. The summed E-state index contributed by atoms with van der Waals surface area (Å²) in [6, 6.07) is 5.65. The van der Waals surface area contributed by atoms with Crippen molar-refractivity contribution >= 4 is 41.9 Å². The predicted molar refractivity (Wildman–Crippen MR) is 80.3 cm³/mol. The molecule has 0 amide bonds. The minimum atomic E-state index is -1.00. The van der Waals surface area contributed by atoms with Gasteiger partial charge in [0.15, 0.2) is 5.58 Å². The molecule has 0 radical (unpaired) electrons. The quantitative estimate of drug-likeness (QED) is 0.842. The van der Waals surface area contributed by atoms with Crippen LogP contribution in [0.25, 0.3) is 11.1 Å². The van der Waals surface area contributed by atoms with Gasteiger partial charge in [-0.05, 0) is 26.0 Å². The topological polar surface area (TPSA) is 75.8 Å². The molecule has 1 N–H and O–H groups in total. The Morgan fingerprint density at radius 1 is 1.33 bits per heavy atom. The van der Waals surface area contributed by atoms with E-state index in [4.69, 9.17) is 9.15 Å². The van der Waals surface area contributed by atoms with Gasteiger partial charge >= 0.3 is 24.8 Å². The van der Waals surface area contributed by atoms with Crippen LogP contribution in [0.4, 0.5) is 6.01 Å². The molecule has 6 nitrogen and oxygen atoms in total. The molecule has 7 heteroatoms. The molecule has 0 bridgehead atoms. The van der Waals surface area contributed by atoms with Gasteiger partial charge in [0, 0.05) is 0 Å². The van der Waals surface area contributed by atoms with E-state index in [-0.39, 0.29) is 36.5 Å². The standard InChI is InChI=1S/C14H16N2O4.Li.H/c1-8-6-19-7-9(2)16(8)14-15-12-10(13(17)18)4-3-5-11(12)20-14;;/h3-5,8-9H,6-7H2,1-2H3,(H,17,18);;/t8-,9-;;/m0../s1. The number of hydrogen-bond donors (Lipinski definition) is 1. The molecule has 1 aromatic heterocycles. The number of para-hydroxylation sites is 1. The third-order valence-electron chi connectivity index (χ3n) is 3.53. The van der Waals surface area contributed by atoms with Crippen LogP contribution in [0.3, 0.4) is 0 Å². The second kappa shape index (κ2) is 6.10. The van der Waals surface area contributed by atoms with E-state index in [9.17, 15) is 9.90 Å². The molecular formula is C14H17LiN2O4. The third-order valence-corrected chi connectivity index (χ3v) is 3.53. The SMILES string of the molecule is C[C@H]1COC[C@H](C)N1c1nc2c(C(=O)O)cccc2o1.[LiH]. The number of carboxylic acids is 1. The molecular weight excluding hydrogens is 267 g/mol. The maximum absolute atomic E-state index is 11.2. The van der Waals surface area contributed by atoms with E-state index in [2.05, 4.69) is 4.98 Å². The van der Waals surface area contributed by atoms with Gasteiger partial charge in [0.05, 0.1) is 30.9 Å². The first kappa shape index (κ1) is 15.9. The predicted octanol–water partition coefficient (Wildman–Crippen LogP) is 1.49. The Morgan fingerprint density at radius 3 is 2.62 bits per heavy atom. The zero-order valence-electron chi connectivity index (χ0n) is 11.4. The normalized spacial score (nSPS) is 22.1. The van der Waals surface area contributed by atoms with Gasteiger partial charge in [-0.1, -0.05) is 6.07 Å². The van der Waals surface area contributed by atoms with Crippen LogP contribution in [0.5, 0.6) is 0 Å². The summed E-state index contributed by atoms with van der Waals surface area (Å²) in [5, 5.41) is 9.19. The van der Waals surface area contributed by atoms with Crippen LogP contribution in [0.15, 0.2) is 22.6 Å². The second-order valence-electron chi connectivity index (χ2n) is 5.10. The second-order valence-corrected chi connectivity index (χ2v) is 5.10. The van der Waals surface area contributed by atoms with Gasteiger partial charge in [0.2, 0.25) is 0 Å². The Kier molecular flexibility index (Phi) is 4.62. The molecule has 0 aliphatic carbocycles. The first-order valence-corrected chi connectivity index (χ1v) is 6.57. The van der Waals surface area contributed by atoms with Crippen molar-refractivity contribution in [1.82, 2.24) is 4.98 Å². The Labute approximate surface area is 134 Å². The molecule has 0 unspecified atom stereocenters. The van der Waals surface area contributed by atoms with Crippen molar-refractivity contribution in [2.24, 2.45) is 0 Å². The van der Waals surface area contributed by atoms with Crippen molar-refractivity contribution in [2.45, 2.75) is 25.9 Å². The minimum absolute atomic E-state index is 0. The summed E-state index contributed by atoms with van der Waals surface area (Å²) in [6.07, 6.45) is 0. The molecule has 2 heterocycles. The van der Waals surface area contributed by atoms with Crippen LogP contribution in [0.2, 0.25) is 0 Å². The molecule has 108 valence electrons. The van der Waals surface area contributed by atoms with Gasteiger partial charge in [-0.2, -0.15) is 4.98 Å². The Bertz CT molecular complexity index is 647. The molecule has 1 fully saturated rings. The maximum atomic E-state index is 11.2. The number of hydrogen-bond acceptors (Lipinski definition) is 5. The molecule has 0 spiro atoms. The summed E-state index contributed by atoms with van der Waals surface area (Å²) in [5.41, 5.74) is 1.04. The fourth-order valence-corrected chi connectivity index (χ4v) is 2.60. The number of fused-ring (bicyclic) bond motifs is 1. The van der Waals surface area contributed by atoms with Crippen LogP contribution >= 0.6 is 0 Å². The molecule has 0 saturated carbocycles. The van der Waals surface area contributed by atoms with Crippen molar-refractivity contribution in [3.63, 3.8) is 0 Å². The van der Waals surface area contributed by atoms with Crippen LogP contribution in [-0.2, 0) is 4.74 Å². The number of aromatic nitrogens is 1. The summed E-state index contributed by atoms with van der Waals surface area (Å²) < 4.78 is 11.2. The van der Waals surface area contributed by atoms with Gasteiger partial charge in [-0.15, -0.1) is 0 Å². The molecule has 1 aliphatic heterocycles. The molecule has 1 aliphatic rings. The average Bonchev–Trinajstić information content (AvgIpc) is 2.81. The molecule has 2 atom stereocenters. The average molecular weight is 284 g/mol. The van der Waals surface area contributed by atoms with E-state index in [1.807, 2.05) is 18.7 Å². The number of morpholine rings is 1. The van der Waals surface area contributed by atoms with E-state index in [0.29, 0.717) is 30.3 Å². The Morgan fingerprint density at radius 2 is 2.00 bits per heavy atom. The number of oxazole rings is 1. The number of rotatable bonds is 2. The summed E-state index contributed by atoms with van der Waals surface area (Å²) in [6.45, 7) is 5.27. The van der Waals surface area contributed by atoms with Crippen LogP contribution < -0.4 is 4.90 Å². The number of anilines is 1. The summed E-state index contributed by atoms with van der Waals surface area (Å²) in [7, 11) is 0. The number of aromatic carboxylic acids is 1. The first-order valence-electron chi connectivity index (χ1n) is 6.57.